The van der Waals surface area contributed by atoms with Crippen LogP contribution in [-0.4, -0.2) is 48.1 Å². The minimum atomic E-state index is -0.239. The highest BCUT2D eigenvalue weighted by atomic mass is 16.5. The molecule has 174 valence electrons. The minimum absolute atomic E-state index is 0.239. The number of nitrogens with zero attached hydrogens (tertiary/aromatic N) is 3. The average Bonchev–Trinajstić information content (AvgIpc) is 3.29. The van der Waals surface area contributed by atoms with Gasteiger partial charge in [0.1, 0.15) is 12.4 Å². The van der Waals surface area contributed by atoms with Crippen LogP contribution in [0.25, 0.3) is 17.1 Å². The second-order valence-electron chi connectivity index (χ2n) is 7.57. The van der Waals surface area contributed by atoms with Crippen LogP contribution in [0, 0.1) is 6.92 Å². The van der Waals surface area contributed by atoms with Crippen molar-refractivity contribution in [1.82, 2.24) is 14.8 Å². The first-order valence-electron chi connectivity index (χ1n) is 10.8. The summed E-state index contributed by atoms with van der Waals surface area (Å²) < 4.78 is 17.6. The van der Waals surface area contributed by atoms with Gasteiger partial charge in [-0.15, -0.1) is 5.10 Å². The van der Waals surface area contributed by atoms with E-state index in [4.69, 9.17) is 14.2 Å². The largest absolute Gasteiger partial charge is 0.497 e. The van der Waals surface area contributed by atoms with E-state index < -0.39 is 0 Å². The minimum Gasteiger partial charge on any atom is -0.497 e. The Hall–Kier alpha value is -4.17. The molecular weight excluding hydrogens is 432 g/mol. The summed E-state index contributed by atoms with van der Waals surface area (Å²) in [5.74, 6) is 1.01. The van der Waals surface area contributed by atoms with E-state index in [1.807, 2.05) is 55.5 Å². The number of carbonyl (C=O) groups is 1. The summed E-state index contributed by atoms with van der Waals surface area (Å²) in [6.07, 6.45) is 0. The van der Waals surface area contributed by atoms with Crippen molar-refractivity contribution < 1.29 is 19.0 Å². The molecule has 0 aliphatic heterocycles. The fourth-order valence-electron chi connectivity index (χ4n) is 3.32. The molecule has 8 nitrogen and oxygen atoms in total. The second-order valence-corrected chi connectivity index (χ2v) is 7.57. The number of ether oxygens (including phenoxy) is 3. The quantitative estimate of drug-likeness (QED) is 0.371. The normalized spacial score (nSPS) is 10.7. The molecular formula is C26H26N4O4. The van der Waals surface area contributed by atoms with Gasteiger partial charge in [-0.3, -0.25) is 4.79 Å². The topological polar surface area (TPSA) is 87.5 Å². The molecule has 0 unspecified atom stereocenters. The molecule has 1 N–H and O–H groups in total. The third-order valence-corrected chi connectivity index (χ3v) is 5.10. The Kier molecular flexibility index (Phi) is 7.19. The molecule has 0 aliphatic carbocycles. The predicted molar refractivity (Wildman–Crippen MR) is 130 cm³/mol. The third-order valence-electron chi connectivity index (χ3n) is 5.10. The molecule has 1 heterocycles. The molecule has 0 atom stereocenters. The molecule has 0 saturated heterocycles. The maximum Gasteiger partial charge on any atom is 0.336 e. The first-order chi connectivity index (χ1) is 16.6. The van der Waals surface area contributed by atoms with Gasteiger partial charge in [-0.25, -0.2) is 4.68 Å². The summed E-state index contributed by atoms with van der Waals surface area (Å²) in [4.78, 5) is 17.4. The first kappa shape index (κ1) is 23.0. The number of hydrogen-bond donors (Lipinski definition) is 1. The van der Waals surface area contributed by atoms with E-state index in [-0.39, 0.29) is 11.9 Å². The highest BCUT2D eigenvalue weighted by Crippen LogP contribution is 2.25. The molecule has 3 aromatic carbocycles. The Balaban J connectivity index is 1.64. The highest BCUT2D eigenvalue weighted by molar-refractivity contribution is 6.04. The molecule has 0 aliphatic rings. The van der Waals surface area contributed by atoms with Crippen LogP contribution >= 0.6 is 0 Å². The Morgan fingerprint density at radius 3 is 2.53 bits per heavy atom. The molecule has 1 aromatic heterocycles. The van der Waals surface area contributed by atoms with Crippen LogP contribution in [0.3, 0.4) is 0 Å². The lowest BCUT2D eigenvalue weighted by atomic mass is 10.1. The summed E-state index contributed by atoms with van der Waals surface area (Å²) in [5, 5.41) is 7.48. The van der Waals surface area contributed by atoms with Gasteiger partial charge in [0.05, 0.1) is 19.4 Å². The van der Waals surface area contributed by atoms with Crippen LogP contribution in [0.1, 0.15) is 15.9 Å². The predicted octanol–water partition coefficient (Wildman–Crippen LogP) is 4.53. The van der Waals surface area contributed by atoms with Gasteiger partial charge >= 0.3 is 6.01 Å². The van der Waals surface area contributed by atoms with E-state index in [1.54, 1.807) is 43.2 Å². The van der Waals surface area contributed by atoms with Crippen molar-refractivity contribution in [3.63, 3.8) is 0 Å². The zero-order valence-electron chi connectivity index (χ0n) is 19.3. The van der Waals surface area contributed by atoms with E-state index in [1.165, 1.54) is 0 Å². The Morgan fingerprint density at radius 2 is 1.76 bits per heavy atom. The Bertz CT molecular complexity index is 1270. The number of aryl methyl sites for hydroxylation is 1. The molecule has 0 bridgehead atoms. The van der Waals surface area contributed by atoms with Crippen molar-refractivity contribution in [2.45, 2.75) is 6.92 Å². The monoisotopic (exact) mass is 458 g/mol. The SMILES string of the molecule is COCCOc1nc(-c2ccc(C)cc2)n(-c2cccc(NC(=O)c3cccc(OC)c3)c2)n1. The van der Waals surface area contributed by atoms with E-state index in [0.717, 1.165) is 16.8 Å². The van der Waals surface area contributed by atoms with E-state index in [9.17, 15) is 4.79 Å². The van der Waals surface area contributed by atoms with Crippen molar-refractivity contribution in [3.05, 3.63) is 83.9 Å². The number of carbonyl (C=O) groups excluding carboxylic acids is 1. The summed E-state index contributed by atoms with van der Waals surface area (Å²) in [7, 11) is 3.18. The lowest BCUT2D eigenvalue weighted by Crippen LogP contribution is -2.12. The number of nitrogens with one attached hydrogen (secondary N) is 1. The van der Waals surface area contributed by atoms with Gasteiger partial charge in [-0.1, -0.05) is 42.0 Å². The van der Waals surface area contributed by atoms with Crippen molar-refractivity contribution in [2.75, 3.05) is 32.8 Å². The van der Waals surface area contributed by atoms with Gasteiger partial charge in [0.15, 0.2) is 5.82 Å². The van der Waals surface area contributed by atoms with Crippen molar-refractivity contribution in [2.24, 2.45) is 0 Å². The molecule has 34 heavy (non-hydrogen) atoms. The van der Waals surface area contributed by atoms with Gasteiger partial charge in [0.2, 0.25) is 0 Å². The van der Waals surface area contributed by atoms with E-state index in [2.05, 4.69) is 15.4 Å². The molecule has 4 rings (SSSR count). The summed E-state index contributed by atoms with van der Waals surface area (Å²) in [6.45, 7) is 2.80. The highest BCUT2D eigenvalue weighted by Gasteiger charge is 2.16. The fourth-order valence-corrected chi connectivity index (χ4v) is 3.32. The van der Waals surface area contributed by atoms with Gasteiger partial charge in [0.25, 0.3) is 5.91 Å². The molecule has 0 spiro atoms. The number of benzene rings is 3. The number of amides is 1. The lowest BCUT2D eigenvalue weighted by Gasteiger charge is -2.10. The number of methoxy groups -OCH3 is 2. The van der Waals surface area contributed by atoms with Crippen LogP contribution in [0.15, 0.2) is 72.8 Å². The molecule has 8 heteroatoms. The number of aromatic nitrogens is 3. The number of anilines is 1. The van der Waals surface area contributed by atoms with Crippen LogP contribution in [-0.2, 0) is 4.74 Å². The van der Waals surface area contributed by atoms with Gasteiger partial charge in [-0.05, 0) is 43.3 Å². The maximum absolute atomic E-state index is 12.8. The standard InChI is InChI=1S/C26H26N4O4/c1-18-10-12-19(13-11-18)24-28-26(34-15-14-32-2)29-30(24)22-8-5-7-21(17-22)27-25(31)20-6-4-9-23(16-20)33-3/h4-13,16-17H,14-15H2,1-3H3,(H,27,31). The van der Waals surface area contributed by atoms with Gasteiger partial charge in [-0.2, -0.15) is 4.98 Å². The summed E-state index contributed by atoms with van der Waals surface area (Å²) >= 11 is 0. The zero-order valence-corrected chi connectivity index (χ0v) is 19.3. The van der Waals surface area contributed by atoms with Crippen molar-refractivity contribution in [1.29, 1.82) is 0 Å². The number of rotatable bonds is 9. The van der Waals surface area contributed by atoms with Crippen molar-refractivity contribution in [3.8, 4) is 28.8 Å². The molecule has 1 amide bonds. The van der Waals surface area contributed by atoms with E-state index >= 15 is 0 Å². The van der Waals surface area contributed by atoms with Crippen molar-refractivity contribution >= 4 is 11.6 Å². The smallest absolute Gasteiger partial charge is 0.336 e. The van der Waals surface area contributed by atoms with Crippen LogP contribution < -0.4 is 14.8 Å². The zero-order chi connectivity index (χ0) is 23.9. The molecule has 0 saturated carbocycles. The maximum atomic E-state index is 12.8. The average molecular weight is 459 g/mol. The van der Waals surface area contributed by atoms with Crippen LogP contribution in [0.5, 0.6) is 11.8 Å². The van der Waals surface area contributed by atoms with Crippen LogP contribution in [0.2, 0.25) is 0 Å². The molecule has 0 radical (unpaired) electrons. The van der Waals surface area contributed by atoms with Crippen LogP contribution in [0.4, 0.5) is 5.69 Å². The Labute approximate surface area is 198 Å². The van der Waals surface area contributed by atoms with E-state index in [0.29, 0.717) is 36.0 Å². The lowest BCUT2D eigenvalue weighted by molar-refractivity contribution is 0.102. The second kappa shape index (κ2) is 10.6. The molecule has 4 aromatic rings. The molecule has 0 fully saturated rings. The summed E-state index contributed by atoms with van der Waals surface area (Å²) in [6, 6.07) is 22.7. The third kappa shape index (κ3) is 5.41. The first-order valence-corrected chi connectivity index (χ1v) is 10.8. The van der Waals surface area contributed by atoms with Gasteiger partial charge < -0.3 is 19.5 Å². The Morgan fingerprint density at radius 1 is 0.971 bits per heavy atom. The summed E-state index contributed by atoms with van der Waals surface area (Å²) in [5.41, 5.74) is 3.89. The van der Waals surface area contributed by atoms with Gasteiger partial charge in [0, 0.05) is 23.9 Å². The number of hydrogen-bond acceptors (Lipinski definition) is 6. The fraction of sp³-hybridized carbons (Fsp3) is 0.192.